The second kappa shape index (κ2) is 35.5. The number of hydrogen-bond acceptors (Lipinski definition) is 15. The van der Waals surface area contributed by atoms with E-state index in [2.05, 4.69) is 13.8 Å². The summed E-state index contributed by atoms with van der Waals surface area (Å²) in [4.78, 5) is 0. The zero-order chi connectivity index (χ0) is 47.9. The van der Waals surface area contributed by atoms with E-state index < -0.39 is 118 Å². The van der Waals surface area contributed by atoms with Crippen LogP contribution in [0.5, 0.6) is 0 Å². The van der Waals surface area contributed by atoms with E-state index in [1.165, 1.54) is 116 Å². The van der Waals surface area contributed by atoms with Crippen LogP contribution in [0.4, 0.5) is 0 Å². The molecule has 2 heterocycles. The van der Waals surface area contributed by atoms with Crippen LogP contribution >= 0.6 is 0 Å². The van der Waals surface area contributed by atoms with Gasteiger partial charge < -0.3 is 54.7 Å². The van der Waals surface area contributed by atoms with Gasteiger partial charge in [-0.25, -0.2) is 16.8 Å². The smallest absolute Gasteiger partial charge is 0.187 e. The molecule has 0 aliphatic carbocycles. The topological polar surface area (TPSA) is 247 Å². The van der Waals surface area contributed by atoms with Gasteiger partial charge in [-0.05, 0) is 12.8 Å². The lowest BCUT2D eigenvalue weighted by Gasteiger charge is -2.46. The molecular weight excluding hydrogens is 881 g/mol. The van der Waals surface area contributed by atoms with Crippen LogP contribution in [-0.4, -0.2) is 157 Å². The van der Waals surface area contributed by atoms with E-state index in [-0.39, 0.29) is 11.5 Å². The maximum absolute atomic E-state index is 13.5. The van der Waals surface area contributed by atoms with E-state index in [1.807, 2.05) is 0 Å². The molecule has 2 saturated heterocycles. The van der Waals surface area contributed by atoms with E-state index >= 15 is 0 Å². The molecule has 2 rings (SSSR count). The summed E-state index contributed by atoms with van der Waals surface area (Å²) in [6.07, 6.45) is 15.1. The van der Waals surface area contributed by atoms with Gasteiger partial charge in [-0.1, -0.05) is 181 Å². The highest BCUT2D eigenvalue weighted by Gasteiger charge is 2.51. The maximum atomic E-state index is 13.5. The van der Waals surface area contributed by atoms with E-state index in [9.17, 15) is 52.6 Å². The van der Waals surface area contributed by atoms with Crippen molar-refractivity contribution in [1.29, 1.82) is 0 Å². The van der Waals surface area contributed by atoms with Gasteiger partial charge in [0.2, 0.25) is 0 Å². The highest BCUT2D eigenvalue weighted by atomic mass is 32.2. The van der Waals surface area contributed by atoms with Crippen molar-refractivity contribution in [2.75, 3.05) is 42.8 Å². The first-order valence-electron chi connectivity index (χ1n) is 25.8. The predicted octanol–water partition coefficient (Wildman–Crippen LogP) is 6.04. The Kier molecular flexibility index (Phi) is 33.1. The Morgan fingerprint density at radius 2 is 0.769 bits per heavy atom. The highest BCUT2D eigenvalue weighted by Crippen LogP contribution is 2.30. The Morgan fingerprint density at radius 3 is 1.14 bits per heavy atom. The van der Waals surface area contributed by atoms with Gasteiger partial charge in [-0.2, -0.15) is 0 Å². The minimum atomic E-state index is -3.71. The van der Waals surface area contributed by atoms with Crippen molar-refractivity contribution in [2.45, 2.75) is 255 Å². The second-order valence-electron chi connectivity index (χ2n) is 19.1. The summed E-state index contributed by atoms with van der Waals surface area (Å²) in [7, 11) is -7.42. The molecule has 388 valence electrons. The number of aliphatic hydroxyl groups excluding tert-OH is 7. The number of sulfone groups is 2. The molecule has 2 aliphatic rings. The summed E-state index contributed by atoms with van der Waals surface area (Å²) in [5.41, 5.74) is 0. The zero-order valence-corrected chi connectivity index (χ0v) is 41.9. The standard InChI is InChI=1S/C48H94O15S2/c1-3-5-7-9-11-13-15-17-19-21-23-25-27-29-31-64(56,57)36-38(37-65(58,59)32-30-28-26-24-22-20-18-16-14-12-10-8-6-4-2)35-60-47-45(55)43(53)46(40(34-50)62-47)63-48-44(54)42(52)41(51)39(33-49)61-48/h38-55H,3-37H2,1-2H3. The Balaban J connectivity index is 1.92. The molecule has 10 atom stereocenters. The molecule has 2 aliphatic heterocycles. The minimum absolute atomic E-state index is 0.0919. The fourth-order valence-corrected chi connectivity index (χ4v) is 12.6. The zero-order valence-electron chi connectivity index (χ0n) is 40.3. The van der Waals surface area contributed by atoms with E-state index in [1.54, 1.807) is 0 Å². The van der Waals surface area contributed by atoms with Gasteiger partial charge in [0, 0.05) is 5.92 Å². The largest absolute Gasteiger partial charge is 0.394 e. The fourth-order valence-electron chi connectivity index (χ4n) is 8.99. The third-order valence-electron chi connectivity index (χ3n) is 13.1. The third kappa shape index (κ3) is 25.8. The van der Waals surface area contributed by atoms with Gasteiger partial charge in [-0.3, -0.25) is 0 Å². The molecule has 17 heteroatoms. The molecule has 0 saturated carbocycles. The van der Waals surface area contributed by atoms with Crippen molar-refractivity contribution in [3.05, 3.63) is 0 Å². The summed E-state index contributed by atoms with van der Waals surface area (Å²) in [6, 6.07) is 0. The predicted molar refractivity (Wildman–Crippen MR) is 254 cm³/mol. The molecule has 65 heavy (non-hydrogen) atoms. The molecule has 0 amide bonds. The summed E-state index contributed by atoms with van der Waals surface area (Å²) in [5, 5.41) is 72.6. The van der Waals surface area contributed by atoms with Crippen molar-refractivity contribution in [3.63, 3.8) is 0 Å². The van der Waals surface area contributed by atoms with Gasteiger partial charge in [0.1, 0.15) is 48.8 Å². The van der Waals surface area contributed by atoms with Gasteiger partial charge in [0.05, 0.1) is 42.8 Å². The normalized spacial score (nSPS) is 26.6. The van der Waals surface area contributed by atoms with Crippen LogP contribution < -0.4 is 0 Å². The number of unbranched alkanes of at least 4 members (excludes halogenated alkanes) is 26. The maximum Gasteiger partial charge on any atom is 0.187 e. The van der Waals surface area contributed by atoms with Gasteiger partial charge in [0.25, 0.3) is 0 Å². The van der Waals surface area contributed by atoms with Crippen molar-refractivity contribution in [1.82, 2.24) is 0 Å². The van der Waals surface area contributed by atoms with Gasteiger partial charge in [-0.15, -0.1) is 0 Å². The Morgan fingerprint density at radius 1 is 0.431 bits per heavy atom. The van der Waals surface area contributed by atoms with Crippen LogP contribution in [0.1, 0.15) is 194 Å². The van der Waals surface area contributed by atoms with Crippen molar-refractivity contribution < 1.29 is 71.5 Å². The Labute approximate surface area is 393 Å². The molecule has 10 unspecified atom stereocenters. The lowest BCUT2D eigenvalue weighted by atomic mass is 9.97. The third-order valence-corrected chi connectivity index (χ3v) is 16.8. The molecule has 0 aromatic heterocycles. The number of rotatable bonds is 41. The SMILES string of the molecule is CCCCCCCCCCCCCCCCS(=O)(=O)CC(COC1OC(CO)C(OC2OC(CO)C(O)C(O)C2O)C(O)C1O)CS(=O)(=O)CCCCCCCCCCCCCCCC. The first-order chi connectivity index (χ1) is 31.2. The summed E-state index contributed by atoms with van der Waals surface area (Å²) in [6.45, 7) is 2.49. The average molecular weight is 975 g/mol. The quantitative estimate of drug-likeness (QED) is 0.0346. The highest BCUT2D eigenvalue weighted by molar-refractivity contribution is 7.92. The lowest BCUT2D eigenvalue weighted by molar-refractivity contribution is -0.359. The van der Waals surface area contributed by atoms with Crippen molar-refractivity contribution >= 4 is 19.7 Å². The van der Waals surface area contributed by atoms with E-state index in [0.717, 1.165) is 51.4 Å². The Bertz CT molecular complexity index is 1300. The average Bonchev–Trinajstić information content (AvgIpc) is 3.27. The molecule has 15 nitrogen and oxygen atoms in total. The molecule has 0 aromatic carbocycles. The van der Waals surface area contributed by atoms with Crippen molar-refractivity contribution in [3.8, 4) is 0 Å². The monoisotopic (exact) mass is 975 g/mol. The molecule has 7 N–H and O–H groups in total. The van der Waals surface area contributed by atoms with E-state index in [4.69, 9.17) is 18.9 Å². The molecule has 0 radical (unpaired) electrons. The molecule has 0 bridgehead atoms. The Hall–Kier alpha value is -0.540. The number of aliphatic hydroxyl groups is 7. The van der Waals surface area contributed by atoms with Gasteiger partial charge >= 0.3 is 0 Å². The van der Waals surface area contributed by atoms with Crippen LogP contribution in [0.3, 0.4) is 0 Å². The van der Waals surface area contributed by atoms with Gasteiger partial charge in [0.15, 0.2) is 32.3 Å². The summed E-state index contributed by atoms with van der Waals surface area (Å²) < 4.78 is 76.3. The van der Waals surface area contributed by atoms with E-state index in [0.29, 0.717) is 12.8 Å². The molecular formula is C48H94O15S2. The van der Waals surface area contributed by atoms with Crippen LogP contribution in [-0.2, 0) is 38.6 Å². The number of hydrogen-bond donors (Lipinski definition) is 7. The minimum Gasteiger partial charge on any atom is -0.394 e. The van der Waals surface area contributed by atoms with Crippen LogP contribution in [0.15, 0.2) is 0 Å². The second-order valence-corrected chi connectivity index (χ2v) is 23.6. The summed E-state index contributed by atoms with van der Waals surface area (Å²) >= 11 is 0. The van der Waals surface area contributed by atoms with Crippen LogP contribution in [0, 0.1) is 5.92 Å². The number of ether oxygens (including phenoxy) is 4. The lowest BCUT2D eigenvalue weighted by Crippen LogP contribution is -2.64. The molecule has 2 fully saturated rings. The van der Waals surface area contributed by atoms with Crippen molar-refractivity contribution in [2.24, 2.45) is 5.92 Å². The molecule has 0 aromatic rings. The first kappa shape index (κ1) is 60.6. The van der Waals surface area contributed by atoms with Crippen LogP contribution in [0.2, 0.25) is 0 Å². The first-order valence-corrected chi connectivity index (χ1v) is 29.4. The fraction of sp³-hybridized carbons (Fsp3) is 1.00. The summed E-state index contributed by atoms with van der Waals surface area (Å²) in [5.74, 6) is -2.11. The van der Waals surface area contributed by atoms with Crippen LogP contribution in [0.25, 0.3) is 0 Å². The molecule has 0 spiro atoms.